The summed E-state index contributed by atoms with van der Waals surface area (Å²) in [7, 11) is 0. The predicted octanol–water partition coefficient (Wildman–Crippen LogP) is 4.47. The van der Waals surface area contributed by atoms with Crippen molar-refractivity contribution < 1.29 is 36.6 Å². The predicted molar refractivity (Wildman–Crippen MR) is 87.3 cm³/mol. The van der Waals surface area contributed by atoms with Crippen molar-refractivity contribution in [2.75, 3.05) is 6.54 Å². The van der Waals surface area contributed by atoms with Crippen LogP contribution in [0.1, 0.15) is 39.2 Å². The lowest BCUT2D eigenvalue weighted by Crippen LogP contribution is -2.64. The van der Waals surface area contributed by atoms with Crippen molar-refractivity contribution in [3.05, 3.63) is 35.9 Å². The van der Waals surface area contributed by atoms with E-state index in [1.165, 1.54) is 18.2 Å². The minimum atomic E-state index is -6.01. The molecule has 1 aromatic rings. The second-order valence-corrected chi connectivity index (χ2v) is 7.54. The van der Waals surface area contributed by atoms with Crippen LogP contribution in [-0.2, 0) is 10.3 Å². The molecule has 9 heteroatoms. The maximum absolute atomic E-state index is 14.5. The number of carbonyl (C=O) groups is 1. The van der Waals surface area contributed by atoms with E-state index in [9.17, 15) is 31.9 Å². The van der Waals surface area contributed by atoms with Crippen LogP contribution in [0.25, 0.3) is 0 Å². The molecule has 1 fully saturated rings. The van der Waals surface area contributed by atoms with Gasteiger partial charge in [0.1, 0.15) is 5.60 Å². The van der Waals surface area contributed by atoms with Gasteiger partial charge in [-0.2, -0.15) is 22.0 Å². The smallest absolute Gasteiger partial charge is 0.444 e. The number of likely N-dealkylation sites (tertiary alicyclic amines) is 1. The van der Waals surface area contributed by atoms with Crippen molar-refractivity contribution in [3.8, 4) is 0 Å². The fourth-order valence-electron chi connectivity index (χ4n) is 3.23. The Morgan fingerprint density at radius 3 is 2.15 bits per heavy atom. The molecule has 0 aromatic heterocycles. The molecule has 0 saturated carbocycles. The first-order valence-electron chi connectivity index (χ1n) is 8.44. The highest BCUT2D eigenvalue weighted by Gasteiger charge is 2.74. The van der Waals surface area contributed by atoms with Crippen molar-refractivity contribution in [3.63, 3.8) is 0 Å². The van der Waals surface area contributed by atoms with Gasteiger partial charge in [0.2, 0.25) is 0 Å². The van der Waals surface area contributed by atoms with Crippen LogP contribution in [0.4, 0.5) is 26.7 Å². The molecule has 2 atom stereocenters. The monoisotopic (exact) mass is 395 g/mol. The van der Waals surface area contributed by atoms with Gasteiger partial charge < -0.3 is 14.7 Å². The molecule has 1 heterocycles. The van der Waals surface area contributed by atoms with Gasteiger partial charge in [-0.15, -0.1) is 0 Å². The van der Waals surface area contributed by atoms with Gasteiger partial charge in [-0.05, 0) is 39.2 Å². The SMILES string of the molecule is CC(C)(C)OC(=O)N1CCC[C@H]1[C@@](O)(c1ccccc1)C(F)(F)C(F)(F)F. The molecule has 1 aliphatic rings. The zero-order valence-electron chi connectivity index (χ0n) is 15.2. The molecule has 1 aliphatic heterocycles. The number of amides is 1. The summed E-state index contributed by atoms with van der Waals surface area (Å²) in [4.78, 5) is 13.2. The number of hydrogen-bond donors (Lipinski definition) is 1. The zero-order valence-corrected chi connectivity index (χ0v) is 15.2. The standard InChI is InChI=1S/C18H22F5NO3/c1-15(2,3)27-14(25)24-11-7-10-13(24)16(26,12-8-5-4-6-9-12)17(19,20)18(21,22)23/h4-6,8-9,13,26H,7,10-11H2,1-3H3/t13-,16-/m0/s1. The Morgan fingerprint density at radius 2 is 1.67 bits per heavy atom. The molecule has 1 amide bonds. The average molecular weight is 395 g/mol. The quantitative estimate of drug-likeness (QED) is 0.769. The number of hydrogen-bond acceptors (Lipinski definition) is 3. The number of rotatable bonds is 3. The Kier molecular flexibility index (Phi) is 5.49. The Balaban J connectivity index is 2.56. The largest absolute Gasteiger partial charge is 0.456 e. The van der Waals surface area contributed by atoms with Crippen LogP contribution in [0.5, 0.6) is 0 Å². The van der Waals surface area contributed by atoms with Crippen LogP contribution in [0.2, 0.25) is 0 Å². The van der Waals surface area contributed by atoms with Gasteiger partial charge in [0.15, 0.2) is 5.60 Å². The maximum atomic E-state index is 14.5. The Labute approximate surface area is 153 Å². The van der Waals surface area contributed by atoms with E-state index in [0.29, 0.717) is 0 Å². The molecule has 2 rings (SSSR count). The van der Waals surface area contributed by atoms with E-state index >= 15 is 0 Å². The first-order chi connectivity index (χ1) is 12.2. The Morgan fingerprint density at radius 1 is 1.11 bits per heavy atom. The molecule has 27 heavy (non-hydrogen) atoms. The van der Waals surface area contributed by atoms with Gasteiger partial charge >= 0.3 is 18.2 Å². The van der Waals surface area contributed by atoms with E-state index in [2.05, 4.69) is 0 Å². The molecule has 0 bridgehead atoms. The van der Waals surface area contributed by atoms with Crippen LogP contribution >= 0.6 is 0 Å². The molecule has 152 valence electrons. The zero-order chi connectivity index (χ0) is 20.7. The summed E-state index contributed by atoms with van der Waals surface area (Å²) in [6.45, 7) is 4.54. The summed E-state index contributed by atoms with van der Waals surface area (Å²) < 4.78 is 73.9. The number of alkyl halides is 5. The molecule has 4 nitrogen and oxygen atoms in total. The van der Waals surface area contributed by atoms with Gasteiger partial charge in [0, 0.05) is 6.54 Å². The lowest BCUT2D eigenvalue weighted by Gasteiger charge is -2.44. The molecular weight excluding hydrogens is 373 g/mol. The van der Waals surface area contributed by atoms with Crippen LogP contribution in [0.3, 0.4) is 0 Å². The van der Waals surface area contributed by atoms with Crippen molar-refractivity contribution >= 4 is 6.09 Å². The van der Waals surface area contributed by atoms with Gasteiger partial charge in [-0.25, -0.2) is 4.79 Å². The third kappa shape index (κ3) is 3.88. The number of nitrogens with zero attached hydrogens (tertiary/aromatic N) is 1. The summed E-state index contributed by atoms with van der Waals surface area (Å²) in [5.74, 6) is -5.49. The number of ether oxygens (including phenoxy) is 1. The Bertz CT molecular complexity index is 672. The van der Waals surface area contributed by atoms with Gasteiger partial charge in [0.25, 0.3) is 0 Å². The molecule has 0 aliphatic carbocycles. The summed E-state index contributed by atoms with van der Waals surface area (Å²) in [6, 6.07) is 4.11. The normalized spacial score (nSPS) is 21.1. The number of carbonyl (C=O) groups excluding carboxylic acids is 1. The van der Waals surface area contributed by atoms with Crippen LogP contribution < -0.4 is 0 Å². The number of benzene rings is 1. The number of halogens is 5. The lowest BCUT2D eigenvalue weighted by molar-refractivity contribution is -0.355. The molecule has 0 unspecified atom stereocenters. The number of aliphatic hydroxyl groups is 1. The van der Waals surface area contributed by atoms with Gasteiger partial charge in [-0.1, -0.05) is 30.3 Å². The second-order valence-electron chi connectivity index (χ2n) is 7.54. The topological polar surface area (TPSA) is 49.8 Å². The molecule has 0 spiro atoms. The van der Waals surface area contributed by atoms with Crippen LogP contribution in [0, 0.1) is 0 Å². The fraction of sp³-hybridized carbons (Fsp3) is 0.611. The third-order valence-electron chi connectivity index (χ3n) is 4.41. The molecule has 1 saturated heterocycles. The van der Waals surface area contributed by atoms with E-state index in [0.717, 1.165) is 17.0 Å². The van der Waals surface area contributed by atoms with Gasteiger partial charge in [0.05, 0.1) is 6.04 Å². The second kappa shape index (κ2) is 6.92. The van der Waals surface area contributed by atoms with E-state index < -0.39 is 41.0 Å². The molecule has 1 aromatic carbocycles. The van der Waals surface area contributed by atoms with Crippen molar-refractivity contribution in [2.24, 2.45) is 0 Å². The highest BCUT2D eigenvalue weighted by molar-refractivity contribution is 5.69. The minimum absolute atomic E-state index is 0.0946. The maximum Gasteiger partial charge on any atom is 0.456 e. The van der Waals surface area contributed by atoms with Crippen molar-refractivity contribution in [1.82, 2.24) is 4.90 Å². The van der Waals surface area contributed by atoms with E-state index in [-0.39, 0.29) is 19.4 Å². The van der Waals surface area contributed by atoms with E-state index in [1.807, 2.05) is 0 Å². The van der Waals surface area contributed by atoms with E-state index in [4.69, 9.17) is 4.74 Å². The average Bonchev–Trinajstić information content (AvgIpc) is 3.02. The summed E-state index contributed by atoms with van der Waals surface area (Å²) in [5.41, 5.74) is -5.24. The first-order valence-corrected chi connectivity index (χ1v) is 8.44. The lowest BCUT2D eigenvalue weighted by atomic mass is 9.79. The summed E-state index contributed by atoms with van der Waals surface area (Å²) in [6.07, 6.45) is -7.12. The molecule has 1 N–H and O–H groups in total. The van der Waals surface area contributed by atoms with Gasteiger partial charge in [-0.3, -0.25) is 0 Å². The summed E-state index contributed by atoms with van der Waals surface area (Å²) in [5, 5.41) is 10.8. The summed E-state index contributed by atoms with van der Waals surface area (Å²) >= 11 is 0. The van der Waals surface area contributed by atoms with E-state index in [1.54, 1.807) is 20.8 Å². The fourth-order valence-corrected chi connectivity index (χ4v) is 3.23. The first kappa shape index (κ1) is 21.4. The highest BCUT2D eigenvalue weighted by atomic mass is 19.4. The van der Waals surface area contributed by atoms with Crippen LogP contribution in [0.15, 0.2) is 30.3 Å². The highest BCUT2D eigenvalue weighted by Crippen LogP contribution is 2.53. The van der Waals surface area contributed by atoms with Crippen molar-refractivity contribution in [2.45, 2.75) is 63.0 Å². The third-order valence-corrected chi connectivity index (χ3v) is 4.41. The molecular formula is C18H22F5NO3. The molecule has 0 radical (unpaired) electrons. The Hall–Kier alpha value is -1.90. The van der Waals surface area contributed by atoms with Crippen molar-refractivity contribution in [1.29, 1.82) is 0 Å². The van der Waals surface area contributed by atoms with Crippen LogP contribution in [-0.4, -0.2) is 46.4 Å². The minimum Gasteiger partial charge on any atom is -0.444 e.